The first kappa shape index (κ1) is 10.3. The Balaban J connectivity index is 1.91. The van der Waals surface area contributed by atoms with Crippen molar-refractivity contribution >= 4 is 5.91 Å². The van der Waals surface area contributed by atoms with E-state index in [0.717, 1.165) is 19.4 Å². The van der Waals surface area contributed by atoms with E-state index in [1.807, 2.05) is 4.90 Å². The Bertz CT molecular complexity index is 292. The minimum absolute atomic E-state index is 0.244. The highest BCUT2D eigenvalue weighted by Crippen LogP contribution is 2.29. The molecule has 15 heavy (non-hydrogen) atoms. The van der Waals surface area contributed by atoms with E-state index in [2.05, 4.69) is 10.0 Å². The zero-order valence-corrected chi connectivity index (χ0v) is 8.80. The molecule has 0 bridgehead atoms. The van der Waals surface area contributed by atoms with Crippen molar-refractivity contribution in [2.24, 2.45) is 11.0 Å². The molecule has 2 aliphatic rings. The van der Waals surface area contributed by atoms with Gasteiger partial charge in [0, 0.05) is 30.5 Å². The van der Waals surface area contributed by atoms with Gasteiger partial charge in [0.05, 0.1) is 0 Å². The zero-order valence-electron chi connectivity index (χ0n) is 8.80. The molecule has 0 aromatic carbocycles. The third-order valence-corrected chi connectivity index (χ3v) is 3.41. The fourth-order valence-corrected chi connectivity index (χ4v) is 2.65. The van der Waals surface area contributed by atoms with Crippen LogP contribution in [0.5, 0.6) is 0 Å². The summed E-state index contributed by atoms with van der Waals surface area (Å²) in [6.07, 6.45) is 5.36. The normalized spacial score (nSPS) is 27.1. The van der Waals surface area contributed by atoms with Crippen molar-refractivity contribution in [2.75, 3.05) is 13.1 Å². The van der Waals surface area contributed by atoms with Crippen molar-refractivity contribution < 1.29 is 4.79 Å². The van der Waals surface area contributed by atoms with Crippen LogP contribution in [0.4, 0.5) is 0 Å². The van der Waals surface area contributed by atoms with E-state index in [1.54, 1.807) is 0 Å². The quantitative estimate of drug-likeness (QED) is 0.397. The van der Waals surface area contributed by atoms with E-state index in [0.29, 0.717) is 19.0 Å². The summed E-state index contributed by atoms with van der Waals surface area (Å²) in [7, 11) is 0. The summed E-state index contributed by atoms with van der Waals surface area (Å²) in [5.41, 5.74) is 8.23. The molecule has 2 fully saturated rings. The van der Waals surface area contributed by atoms with Crippen LogP contribution in [-0.4, -0.2) is 29.9 Å². The third kappa shape index (κ3) is 2.23. The van der Waals surface area contributed by atoms with E-state index in [1.165, 1.54) is 12.8 Å². The van der Waals surface area contributed by atoms with Crippen molar-refractivity contribution in [1.29, 1.82) is 0 Å². The first-order chi connectivity index (χ1) is 7.31. The molecule has 0 aromatic rings. The summed E-state index contributed by atoms with van der Waals surface area (Å²) in [4.78, 5) is 16.5. The fourth-order valence-electron chi connectivity index (χ4n) is 2.65. The second kappa shape index (κ2) is 4.53. The van der Waals surface area contributed by atoms with Crippen LogP contribution in [-0.2, 0) is 4.79 Å². The molecule has 1 saturated heterocycles. The number of carbonyl (C=O) groups excluding carboxylic acids is 1. The van der Waals surface area contributed by atoms with Gasteiger partial charge in [-0.05, 0) is 24.3 Å². The number of rotatable bonds is 3. The molecule has 1 amide bonds. The number of likely N-dealkylation sites (tertiary alicyclic amines) is 1. The average molecular weight is 208 g/mol. The van der Waals surface area contributed by atoms with Crippen LogP contribution in [0.25, 0.3) is 10.4 Å². The molecule has 2 rings (SSSR count). The summed E-state index contributed by atoms with van der Waals surface area (Å²) in [6, 6.07) is 0.466. The van der Waals surface area contributed by atoms with Crippen molar-refractivity contribution in [3.05, 3.63) is 10.4 Å². The van der Waals surface area contributed by atoms with Gasteiger partial charge in [0.2, 0.25) is 5.91 Å². The molecule has 5 nitrogen and oxygen atoms in total. The lowest BCUT2D eigenvalue weighted by molar-refractivity contribution is -0.129. The molecular weight excluding hydrogens is 192 g/mol. The largest absolute Gasteiger partial charge is 0.339 e. The van der Waals surface area contributed by atoms with Crippen LogP contribution < -0.4 is 0 Å². The second-order valence-corrected chi connectivity index (χ2v) is 4.47. The van der Waals surface area contributed by atoms with Gasteiger partial charge in [-0.2, -0.15) is 0 Å². The highest BCUT2D eigenvalue weighted by atomic mass is 16.2. The van der Waals surface area contributed by atoms with Crippen molar-refractivity contribution in [2.45, 2.75) is 38.1 Å². The van der Waals surface area contributed by atoms with Crippen LogP contribution in [0.15, 0.2) is 5.11 Å². The SMILES string of the molecule is [N-]=[N+]=NCC1CC(=O)N(C2CCCC2)C1. The maximum Gasteiger partial charge on any atom is 0.223 e. The minimum Gasteiger partial charge on any atom is -0.339 e. The van der Waals surface area contributed by atoms with E-state index >= 15 is 0 Å². The molecule has 1 unspecified atom stereocenters. The fraction of sp³-hybridized carbons (Fsp3) is 0.900. The van der Waals surface area contributed by atoms with Gasteiger partial charge in [-0.25, -0.2) is 0 Å². The molecule has 5 heteroatoms. The van der Waals surface area contributed by atoms with Crippen LogP contribution in [0, 0.1) is 5.92 Å². The van der Waals surface area contributed by atoms with Crippen molar-refractivity contribution in [1.82, 2.24) is 4.90 Å². The molecule has 1 heterocycles. The monoisotopic (exact) mass is 208 g/mol. The summed E-state index contributed by atoms with van der Waals surface area (Å²) in [5, 5.41) is 3.55. The Hall–Kier alpha value is -1.22. The minimum atomic E-state index is 0.244. The van der Waals surface area contributed by atoms with Crippen LogP contribution in [0.2, 0.25) is 0 Å². The Morgan fingerprint density at radius 3 is 2.87 bits per heavy atom. The van der Waals surface area contributed by atoms with Gasteiger partial charge in [0.25, 0.3) is 0 Å². The predicted octanol–water partition coefficient (Wildman–Crippen LogP) is 2.09. The number of hydrogen-bond acceptors (Lipinski definition) is 2. The number of nitrogens with zero attached hydrogens (tertiary/aromatic N) is 4. The first-order valence-electron chi connectivity index (χ1n) is 5.61. The molecule has 1 atom stereocenters. The van der Waals surface area contributed by atoms with Gasteiger partial charge in [-0.15, -0.1) is 0 Å². The first-order valence-corrected chi connectivity index (χ1v) is 5.61. The molecule has 82 valence electrons. The van der Waals surface area contributed by atoms with Gasteiger partial charge < -0.3 is 4.90 Å². The molecule has 0 spiro atoms. The van der Waals surface area contributed by atoms with Gasteiger partial charge in [0.15, 0.2) is 0 Å². The highest BCUT2D eigenvalue weighted by Gasteiger charge is 2.34. The third-order valence-electron chi connectivity index (χ3n) is 3.41. The summed E-state index contributed by atoms with van der Waals surface area (Å²) < 4.78 is 0. The molecule has 1 aliphatic heterocycles. The van der Waals surface area contributed by atoms with E-state index < -0.39 is 0 Å². The standard InChI is InChI=1S/C10H16N4O/c11-13-12-6-8-5-10(15)14(7-8)9-3-1-2-4-9/h8-9H,1-7H2. The predicted molar refractivity (Wildman–Crippen MR) is 56.1 cm³/mol. The lowest BCUT2D eigenvalue weighted by Crippen LogP contribution is -2.34. The summed E-state index contributed by atoms with van der Waals surface area (Å²) >= 11 is 0. The van der Waals surface area contributed by atoms with Crippen molar-refractivity contribution in [3.63, 3.8) is 0 Å². The maximum atomic E-state index is 11.7. The van der Waals surface area contributed by atoms with Gasteiger partial charge >= 0.3 is 0 Å². The van der Waals surface area contributed by atoms with Crippen LogP contribution in [0.1, 0.15) is 32.1 Å². The molecule has 0 N–H and O–H groups in total. The maximum absolute atomic E-state index is 11.7. The topological polar surface area (TPSA) is 69.1 Å². The van der Waals surface area contributed by atoms with Crippen LogP contribution >= 0.6 is 0 Å². The summed E-state index contributed by atoms with van der Waals surface area (Å²) in [6.45, 7) is 1.26. The second-order valence-electron chi connectivity index (χ2n) is 4.47. The van der Waals surface area contributed by atoms with Gasteiger partial charge in [-0.1, -0.05) is 18.0 Å². The van der Waals surface area contributed by atoms with E-state index in [4.69, 9.17) is 5.53 Å². The molecule has 0 aromatic heterocycles. The Morgan fingerprint density at radius 2 is 2.20 bits per heavy atom. The van der Waals surface area contributed by atoms with E-state index in [9.17, 15) is 4.79 Å². The Morgan fingerprint density at radius 1 is 1.47 bits per heavy atom. The van der Waals surface area contributed by atoms with Gasteiger partial charge in [0.1, 0.15) is 0 Å². The zero-order chi connectivity index (χ0) is 10.7. The van der Waals surface area contributed by atoms with E-state index in [-0.39, 0.29) is 11.8 Å². The molecule has 0 radical (unpaired) electrons. The van der Waals surface area contributed by atoms with Crippen molar-refractivity contribution in [3.8, 4) is 0 Å². The molecule has 1 saturated carbocycles. The lowest BCUT2D eigenvalue weighted by Gasteiger charge is -2.23. The Labute approximate surface area is 89.1 Å². The smallest absolute Gasteiger partial charge is 0.223 e. The Kier molecular flexibility index (Phi) is 3.11. The highest BCUT2D eigenvalue weighted by molar-refractivity contribution is 5.79. The van der Waals surface area contributed by atoms with Crippen LogP contribution in [0.3, 0.4) is 0 Å². The summed E-state index contributed by atoms with van der Waals surface area (Å²) in [5.74, 6) is 0.494. The lowest BCUT2D eigenvalue weighted by atomic mass is 10.1. The number of hydrogen-bond donors (Lipinski definition) is 0. The molecule has 1 aliphatic carbocycles. The number of amides is 1. The average Bonchev–Trinajstić information content (AvgIpc) is 2.83. The number of carbonyl (C=O) groups is 1. The molecular formula is C10H16N4O. The number of azide groups is 1. The van der Waals surface area contributed by atoms with Gasteiger partial charge in [-0.3, -0.25) is 4.79 Å².